The van der Waals surface area contributed by atoms with E-state index in [0.29, 0.717) is 5.82 Å². The molecule has 2 unspecified atom stereocenters. The molecule has 0 saturated carbocycles. The first-order valence-corrected chi connectivity index (χ1v) is 6.57. The Kier molecular flexibility index (Phi) is 4.04. The average molecular weight is 239 g/mol. The van der Waals surface area contributed by atoms with E-state index >= 15 is 0 Å². The Hall–Kier alpha value is -0.780. The Morgan fingerprint density at radius 2 is 2.50 bits per heavy atom. The van der Waals surface area contributed by atoms with Gasteiger partial charge in [0.25, 0.3) is 0 Å². The van der Waals surface area contributed by atoms with Crippen LogP contribution in [0.4, 0.5) is 5.82 Å². The standard InChI is InChI=1S/C11H17N3OS/c12-9(10-7-16-5-4-15-10)6-8-2-1-3-14-11(8)13/h1-3,9-10H,4-7,12H2,(H2,13,14). The summed E-state index contributed by atoms with van der Waals surface area (Å²) in [4.78, 5) is 4.05. The lowest BCUT2D eigenvalue weighted by Gasteiger charge is -2.27. The highest BCUT2D eigenvalue weighted by Gasteiger charge is 2.22. The summed E-state index contributed by atoms with van der Waals surface area (Å²) in [6.07, 6.45) is 2.56. The zero-order valence-electron chi connectivity index (χ0n) is 9.13. The summed E-state index contributed by atoms with van der Waals surface area (Å²) >= 11 is 1.89. The first-order chi connectivity index (χ1) is 7.77. The van der Waals surface area contributed by atoms with Gasteiger partial charge in [0, 0.05) is 23.7 Å². The van der Waals surface area contributed by atoms with Gasteiger partial charge in [0.15, 0.2) is 0 Å². The second kappa shape index (κ2) is 5.52. The lowest BCUT2D eigenvalue weighted by molar-refractivity contribution is 0.0572. The zero-order valence-corrected chi connectivity index (χ0v) is 9.95. The van der Waals surface area contributed by atoms with Crippen molar-refractivity contribution in [3.8, 4) is 0 Å². The summed E-state index contributed by atoms with van der Waals surface area (Å²) in [5.41, 5.74) is 12.9. The molecule has 2 rings (SSSR count). The number of rotatable bonds is 3. The molecule has 0 bridgehead atoms. The SMILES string of the molecule is Nc1ncccc1CC(N)C1CSCCO1. The van der Waals surface area contributed by atoms with Crippen molar-refractivity contribution in [1.82, 2.24) is 4.98 Å². The molecule has 1 saturated heterocycles. The van der Waals surface area contributed by atoms with Gasteiger partial charge in [-0.25, -0.2) is 4.98 Å². The fraction of sp³-hybridized carbons (Fsp3) is 0.545. The van der Waals surface area contributed by atoms with Crippen LogP contribution in [-0.2, 0) is 11.2 Å². The zero-order chi connectivity index (χ0) is 11.4. The van der Waals surface area contributed by atoms with Crippen molar-refractivity contribution in [2.24, 2.45) is 5.73 Å². The molecule has 1 aromatic heterocycles. The number of hydrogen-bond donors (Lipinski definition) is 2. The molecule has 2 atom stereocenters. The fourth-order valence-electron chi connectivity index (χ4n) is 1.76. The first-order valence-electron chi connectivity index (χ1n) is 5.41. The van der Waals surface area contributed by atoms with E-state index in [9.17, 15) is 0 Å². The number of thioether (sulfide) groups is 1. The molecule has 4 N–H and O–H groups in total. The molecule has 0 aliphatic carbocycles. The number of aromatic nitrogens is 1. The molecule has 0 aromatic carbocycles. The Morgan fingerprint density at radius 3 is 3.19 bits per heavy atom. The van der Waals surface area contributed by atoms with Gasteiger partial charge in [0.1, 0.15) is 5.82 Å². The maximum Gasteiger partial charge on any atom is 0.126 e. The third-order valence-electron chi connectivity index (χ3n) is 2.70. The monoisotopic (exact) mass is 239 g/mol. The van der Waals surface area contributed by atoms with Gasteiger partial charge in [-0.15, -0.1) is 0 Å². The maximum absolute atomic E-state index is 6.13. The molecule has 5 heteroatoms. The molecule has 1 fully saturated rings. The molecule has 4 nitrogen and oxygen atoms in total. The van der Waals surface area contributed by atoms with Crippen molar-refractivity contribution >= 4 is 17.6 Å². The normalized spacial score (nSPS) is 22.9. The van der Waals surface area contributed by atoms with Crippen LogP contribution >= 0.6 is 11.8 Å². The van der Waals surface area contributed by atoms with Crippen molar-refractivity contribution in [3.63, 3.8) is 0 Å². The minimum Gasteiger partial charge on any atom is -0.383 e. The molecule has 16 heavy (non-hydrogen) atoms. The van der Waals surface area contributed by atoms with Crippen LogP contribution in [0.25, 0.3) is 0 Å². The van der Waals surface area contributed by atoms with Crippen LogP contribution in [0.5, 0.6) is 0 Å². The summed E-state index contributed by atoms with van der Waals surface area (Å²) in [6, 6.07) is 3.85. The van der Waals surface area contributed by atoms with E-state index in [4.69, 9.17) is 16.2 Å². The van der Waals surface area contributed by atoms with Crippen LogP contribution in [0.1, 0.15) is 5.56 Å². The van der Waals surface area contributed by atoms with Crippen molar-refractivity contribution in [2.45, 2.75) is 18.6 Å². The fourth-order valence-corrected chi connectivity index (χ4v) is 2.72. The number of nitrogens with two attached hydrogens (primary N) is 2. The lowest BCUT2D eigenvalue weighted by atomic mass is 10.0. The second-order valence-corrected chi connectivity index (χ2v) is 5.05. The number of nitrogen functional groups attached to an aromatic ring is 1. The topological polar surface area (TPSA) is 74.2 Å². The minimum absolute atomic E-state index is 0.000648. The molecule has 88 valence electrons. The quantitative estimate of drug-likeness (QED) is 0.811. The number of nitrogens with zero attached hydrogens (tertiary/aromatic N) is 1. The van der Waals surface area contributed by atoms with Gasteiger partial charge in [0.05, 0.1) is 12.7 Å². The third kappa shape index (κ3) is 2.87. The number of hydrogen-bond acceptors (Lipinski definition) is 5. The summed E-state index contributed by atoms with van der Waals surface area (Å²) < 4.78 is 5.64. The Morgan fingerprint density at radius 1 is 1.62 bits per heavy atom. The first kappa shape index (κ1) is 11.7. The summed E-state index contributed by atoms with van der Waals surface area (Å²) in [5, 5.41) is 0. The number of anilines is 1. The maximum atomic E-state index is 6.13. The van der Waals surface area contributed by atoms with Crippen LogP contribution in [0.3, 0.4) is 0 Å². The Bertz CT molecular complexity index is 342. The largest absolute Gasteiger partial charge is 0.383 e. The van der Waals surface area contributed by atoms with Gasteiger partial charge >= 0.3 is 0 Å². The minimum atomic E-state index is -0.000648. The third-order valence-corrected chi connectivity index (χ3v) is 3.72. The van der Waals surface area contributed by atoms with E-state index in [1.54, 1.807) is 6.20 Å². The molecular formula is C11H17N3OS. The molecule has 2 heterocycles. The van der Waals surface area contributed by atoms with Gasteiger partial charge < -0.3 is 16.2 Å². The number of pyridine rings is 1. The highest BCUT2D eigenvalue weighted by atomic mass is 32.2. The summed E-state index contributed by atoms with van der Waals surface area (Å²) in [6.45, 7) is 0.797. The van der Waals surface area contributed by atoms with Crippen molar-refractivity contribution in [1.29, 1.82) is 0 Å². The second-order valence-electron chi connectivity index (χ2n) is 3.90. The van der Waals surface area contributed by atoms with E-state index in [1.807, 2.05) is 23.9 Å². The van der Waals surface area contributed by atoms with Gasteiger partial charge in [0.2, 0.25) is 0 Å². The Balaban J connectivity index is 1.96. The predicted molar refractivity (Wildman–Crippen MR) is 67.4 cm³/mol. The number of ether oxygens (including phenoxy) is 1. The molecule has 0 amide bonds. The van der Waals surface area contributed by atoms with Gasteiger partial charge in [-0.1, -0.05) is 6.07 Å². The molecular weight excluding hydrogens is 222 g/mol. The van der Waals surface area contributed by atoms with Crippen LogP contribution in [0, 0.1) is 0 Å². The van der Waals surface area contributed by atoms with Gasteiger partial charge in [-0.3, -0.25) is 0 Å². The van der Waals surface area contributed by atoms with E-state index < -0.39 is 0 Å². The van der Waals surface area contributed by atoms with Crippen LogP contribution in [0.15, 0.2) is 18.3 Å². The van der Waals surface area contributed by atoms with Crippen LogP contribution < -0.4 is 11.5 Å². The van der Waals surface area contributed by atoms with E-state index in [2.05, 4.69) is 4.98 Å². The summed E-state index contributed by atoms with van der Waals surface area (Å²) in [5.74, 6) is 2.61. The average Bonchev–Trinajstić information content (AvgIpc) is 2.33. The molecule has 1 aromatic rings. The van der Waals surface area contributed by atoms with E-state index in [1.165, 1.54) is 0 Å². The highest BCUT2D eigenvalue weighted by Crippen LogP contribution is 2.18. The molecule has 0 radical (unpaired) electrons. The van der Waals surface area contributed by atoms with E-state index in [0.717, 1.165) is 30.1 Å². The summed E-state index contributed by atoms with van der Waals surface area (Å²) in [7, 11) is 0. The predicted octanol–water partition coefficient (Wildman–Crippen LogP) is 0.666. The van der Waals surface area contributed by atoms with Crippen molar-refractivity contribution in [2.75, 3.05) is 23.8 Å². The highest BCUT2D eigenvalue weighted by molar-refractivity contribution is 7.99. The van der Waals surface area contributed by atoms with Crippen molar-refractivity contribution in [3.05, 3.63) is 23.9 Å². The lowest BCUT2D eigenvalue weighted by Crippen LogP contribution is -2.42. The van der Waals surface area contributed by atoms with Crippen LogP contribution in [0.2, 0.25) is 0 Å². The van der Waals surface area contributed by atoms with Gasteiger partial charge in [-0.2, -0.15) is 11.8 Å². The molecule has 1 aliphatic heterocycles. The molecule has 0 spiro atoms. The molecule has 1 aliphatic rings. The van der Waals surface area contributed by atoms with Gasteiger partial charge in [-0.05, 0) is 18.1 Å². The Labute approximate surface area is 99.8 Å². The van der Waals surface area contributed by atoms with Crippen molar-refractivity contribution < 1.29 is 4.74 Å². The van der Waals surface area contributed by atoms with Crippen LogP contribution in [-0.4, -0.2) is 35.2 Å². The smallest absolute Gasteiger partial charge is 0.126 e. The van der Waals surface area contributed by atoms with E-state index in [-0.39, 0.29) is 12.1 Å².